The van der Waals surface area contributed by atoms with Gasteiger partial charge in [-0.1, -0.05) is 0 Å². The van der Waals surface area contributed by atoms with E-state index in [1.54, 1.807) is 4.90 Å². The van der Waals surface area contributed by atoms with Crippen LogP contribution in [0.2, 0.25) is 0 Å². The summed E-state index contributed by atoms with van der Waals surface area (Å²) in [5.41, 5.74) is -0.791. The lowest BCUT2D eigenvalue weighted by Crippen LogP contribution is -2.65. The van der Waals surface area contributed by atoms with Crippen molar-refractivity contribution in [3.8, 4) is 0 Å². The van der Waals surface area contributed by atoms with Gasteiger partial charge in [0.25, 0.3) is 0 Å². The molecule has 1 rings (SSSR count). The number of hydrogen-bond donors (Lipinski definition) is 1. The maximum Gasteiger partial charge on any atom is 0.219 e. The lowest BCUT2D eigenvalue weighted by molar-refractivity contribution is -0.162. The second-order valence-corrected chi connectivity index (χ2v) is 3.03. The van der Waals surface area contributed by atoms with Crippen LogP contribution in [0.5, 0.6) is 0 Å². The van der Waals surface area contributed by atoms with Crippen molar-refractivity contribution in [3.05, 3.63) is 0 Å². The Morgan fingerprint density at radius 1 is 1.73 bits per heavy atom. The first-order chi connectivity index (χ1) is 5.07. The quantitative estimate of drug-likeness (QED) is 0.575. The largest absolute Gasteiger partial charge is 0.384 e. The molecule has 1 N–H and O–H groups in total. The van der Waals surface area contributed by atoms with Crippen molar-refractivity contribution in [1.29, 1.82) is 0 Å². The maximum absolute atomic E-state index is 10.7. The smallest absolute Gasteiger partial charge is 0.219 e. The van der Waals surface area contributed by atoms with Gasteiger partial charge in [-0.25, -0.2) is 0 Å². The van der Waals surface area contributed by atoms with Crippen LogP contribution >= 0.6 is 0 Å². The van der Waals surface area contributed by atoms with Crippen molar-refractivity contribution in [2.75, 3.05) is 26.8 Å². The van der Waals surface area contributed by atoms with Crippen LogP contribution in [0.25, 0.3) is 0 Å². The summed E-state index contributed by atoms with van der Waals surface area (Å²) in [6.07, 6.45) is 0. The molecule has 0 radical (unpaired) electrons. The molecule has 1 aliphatic heterocycles. The summed E-state index contributed by atoms with van der Waals surface area (Å²) in [5.74, 6) is 0.00535. The Balaban J connectivity index is 2.31. The van der Waals surface area contributed by atoms with Crippen molar-refractivity contribution in [2.45, 2.75) is 12.5 Å². The first kappa shape index (κ1) is 8.49. The van der Waals surface area contributed by atoms with Crippen LogP contribution < -0.4 is 0 Å². The highest BCUT2D eigenvalue weighted by atomic mass is 16.5. The van der Waals surface area contributed by atoms with Gasteiger partial charge in [-0.2, -0.15) is 0 Å². The second-order valence-electron chi connectivity index (χ2n) is 3.03. The molecule has 64 valence electrons. The van der Waals surface area contributed by atoms with Crippen LogP contribution in [0.4, 0.5) is 0 Å². The van der Waals surface area contributed by atoms with E-state index in [0.717, 1.165) is 0 Å². The van der Waals surface area contributed by atoms with Gasteiger partial charge in [0.1, 0.15) is 5.60 Å². The molecule has 0 saturated carbocycles. The fourth-order valence-electron chi connectivity index (χ4n) is 1.25. The average molecular weight is 159 g/mol. The molecule has 1 heterocycles. The summed E-state index contributed by atoms with van der Waals surface area (Å²) >= 11 is 0. The molecular weight excluding hydrogens is 146 g/mol. The van der Waals surface area contributed by atoms with E-state index in [9.17, 15) is 9.90 Å². The van der Waals surface area contributed by atoms with Gasteiger partial charge in [0.2, 0.25) is 5.91 Å². The van der Waals surface area contributed by atoms with E-state index in [0.29, 0.717) is 19.7 Å². The molecule has 4 heteroatoms. The number of nitrogens with zero attached hydrogens (tertiary/aromatic N) is 1. The van der Waals surface area contributed by atoms with Gasteiger partial charge in [0, 0.05) is 14.0 Å². The Morgan fingerprint density at radius 2 is 2.27 bits per heavy atom. The predicted molar refractivity (Wildman–Crippen MR) is 39.1 cm³/mol. The predicted octanol–water partition coefficient (Wildman–Crippen LogP) is -0.774. The Morgan fingerprint density at radius 3 is 2.64 bits per heavy atom. The zero-order valence-corrected chi connectivity index (χ0v) is 6.83. The summed E-state index contributed by atoms with van der Waals surface area (Å²) in [4.78, 5) is 12.3. The zero-order chi connectivity index (χ0) is 8.48. The topological polar surface area (TPSA) is 49.8 Å². The fraction of sp³-hybridized carbons (Fsp3) is 0.857. The molecule has 11 heavy (non-hydrogen) atoms. The zero-order valence-electron chi connectivity index (χ0n) is 6.83. The number of β-amino-alcohol motifs (C(OH)–C–C–N with tert-alkyl or cyclic N) is 1. The molecule has 0 aromatic carbocycles. The number of carbonyl (C=O) groups is 1. The molecule has 0 aromatic heterocycles. The first-order valence-electron chi connectivity index (χ1n) is 3.54. The van der Waals surface area contributed by atoms with Crippen molar-refractivity contribution in [1.82, 2.24) is 4.90 Å². The van der Waals surface area contributed by atoms with Crippen LogP contribution in [0.15, 0.2) is 0 Å². The highest BCUT2D eigenvalue weighted by Gasteiger charge is 2.42. The summed E-state index contributed by atoms with van der Waals surface area (Å²) < 4.78 is 4.79. The highest BCUT2D eigenvalue weighted by molar-refractivity contribution is 5.74. The molecule has 1 aliphatic rings. The van der Waals surface area contributed by atoms with Crippen LogP contribution in [-0.4, -0.2) is 48.3 Å². The maximum atomic E-state index is 10.7. The van der Waals surface area contributed by atoms with Gasteiger partial charge < -0.3 is 14.7 Å². The first-order valence-corrected chi connectivity index (χ1v) is 3.54. The Kier molecular flexibility index (Phi) is 2.15. The minimum atomic E-state index is -0.791. The normalized spacial score (nSPS) is 21.2. The molecular formula is C7H13NO3. The van der Waals surface area contributed by atoms with E-state index in [2.05, 4.69) is 0 Å². The SMILES string of the molecule is COCC1(O)CN(C(C)=O)C1. The molecule has 1 saturated heterocycles. The highest BCUT2D eigenvalue weighted by Crippen LogP contribution is 2.20. The molecule has 0 unspecified atom stereocenters. The van der Waals surface area contributed by atoms with Crippen LogP contribution in [0.1, 0.15) is 6.92 Å². The van der Waals surface area contributed by atoms with E-state index in [-0.39, 0.29) is 5.91 Å². The van der Waals surface area contributed by atoms with Gasteiger partial charge in [-0.05, 0) is 0 Å². The van der Waals surface area contributed by atoms with E-state index in [1.165, 1.54) is 14.0 Å². The Bertz CT molecular complexity index is 163. The lowest BCUT2D eigenvalue weighted by atomic mass is 9.95. The summed E-state index contributed by atoms with van der Waals surface area (Å²) in [5, 5.41) is 9.51. The van der Waals surface area contributed by atoms with Gasteiger partial charge in [0.05, 0.1) is 19.7 Å². The second kappa shape index (κ2) is 2.79. The third-order valence-electron chi connectivity index (χ3n) is 1.83. The van der Waals surface area contributed by atoms with Crippen LogP contribution in [-0.2, 0) is 9.53 Å². The molecule has 0 aliphatic carbocycles. The lowest BCUT2D eigenvalue weighted by Gasteiger charge is -2.45. The number of likely N-dealkylation sites (tertiary alicyclic amines) is 1. The monoisotopic (exact) mass is 159 g/mol. The number of ether oxygens (including phenoxy) is 1. The third-order valence-corrected chi connectivity index (χ3v) is 1.83. The minimum Gasteiger partial charge on any atom is -0.384 e. The Hall–Kier alpha value is -0.610. The van der Waals surface area contributed by atoms with Crippen molar-refractivity contribution in [2.24, 2.45) is 0 Å². The number of carbonyl (C=O) groups excluding carboxylic acids is 1. The summed E-state index contributed by atoms with van der Waals surface area (Å²) in [6, 6.07) is 0. The number of amides is 1. The van der Waals surface area contributed by atoms with Gasteiger partial charge in [-0.15, -0.1) is 0 Å². The fourth-order valence-corrected chi connectivity index (χ4v) is 1.25. The van der Waals surface area contributed by atoms with E-state index < -0.39 is 5.60 Å². The van der Waals surface area contributed by atoms with E-state index >= 15 is 0 Å². The van der Waals surface area contributed by atoms with Gasteiger partial charge in [-0.3, -0.25) is 4.79 Å². The molecule has 1 amide bonds. The standard InChI is InChI=1S/C7H13NO3/c1-6(9)8-3-7(10,4-8)5-11-2/h10H,3-5H2,1-2H3. The summed E-state index contributed by atoms with van der Waals surface area (Å²) in [7, 11) is 1.54. The van der Waals surface area contributed by atoms with Crippen molar-refractivity contribution < 1.29 is 14.6 Å². The average Bonchev–Trinajstić information content (AvgIpc) is 1.82. The number of hydrogen-bond acceptors (Lipinski definition) is 3. The van der Waals surface area contributed by atoms with Gasteiger partial charge >= 0.3 is 0 Å². The molecule has 0 spiro atoms. The molecule has 1 fully saturated rings. The molecule has 0 aromatic rings. The van der Waals surface area contributed by atoms with E-state index in [1.807, 2.05) is 0 Å². The van der Waals surface area contributed by atoms with Crippen LogP contribution in [0, 0.1) is 0 Å². The Labute approximate surface area is 65.8 Å². The van der Waals surface area contributed by atoms with Crippen LogP contribution in [0.3, 0.4) is 0 Å². The summed E-state index contributed by atoms with van der Waals surface area (Å²) in [6.45, 7) is 2.59. The van der Waals surface area contributed by atoms with Crippen molar-refractivity contribution >= 4 is 5.91 Å². The third kappa shape index (κ3) is 1.70. The minimum absolute atomic E-state index is 0.00535. The molecule has 4 nitrogen and oxygen atoms in total. The molecule has 0 atom stereocenters. The van der Waals surface area contributed by atoms with Crippen molar-refractivity contribution in [3.63, 3.8) is 0 Å². The number of methoxy groups -OCH3 is 1. The number of aliphatic hydroxyl groups is 1. The van der Waals surface area contributed by atoms with E-state index in [4.69, 9.17) is 4.74 Å². The number of rotatable bonds is 2. The van der Waals surface area contributed by atoms with Gasteiger partial charge in [0.15, 0.2) is 0 Å². The molecule has 0 bridgehead atoms.